The number of hydrogen-bond donors (Lipinski definition) is 0. The van der Waals surface area contributed by atoms with Crippen LogP contribution in [-0.4, -0.2) is 0 Å². The Labute approximate surface area is 87.0 Å². The molecular formula is C14H18. The SMILES string of the molecule is C1=CCC/C=C\C=C\C/C=C/C=C\C1. The van der Waals surface area contributed by atoms with E-state index in [2.05, 4.69) is 60.8 Å². The third kappa shape index (κ3) is 6.24. The van der Waals surface area contributed by atoms with Crippen LogP contribution in [0.3, 0.4) is 0 Å². The van der Waals surface area contributed by atoms with E-state index in [4.69, 9.17) is 0 Å². The number of rotatable bonds is 0. The molecule has 14 heavy (non-hydrogen) atoms. The van der Waals surface area contributed by atoms with Crippen LogP contribution >= 0.6 is 0 Å². The van der Waals surface area contributed by atoms with Crippen molar-refractivity contribution in [2.24, 2.45) is 0 Å². The zero-order chi connectivity index (χ0) is 9.90. The standard InChI is InChI=1S/C14H18/c1-2-4-6-8-10-12-14-13-11-9-7-5-3-1/h1-4,7-11,13H,5-6,12,14H2/b3-1+,4-2-,9-7+,10-8?,13-11-. The second-order valence-electron chi connectivity index (χ2n) is 3.23. The maximum atomic E-state index is 2.24. The molecule has 74 valence electrons. The average molecular weight is 186 g/mol. The van der Waals surface area contributed by atoms with Gasteiger partial charge in [0.05, 0.1) is 0 Å². The van der Waals surface area contributed by atoms with Crippen molar-refractivity contribution in [3.63, 3.8) is 0 Å². The van der Waals surface area contributed by atoms with Crippen LogP contribution in [0.5, 0.6) is 0 Å². The molecule has 0 radical (unpaired) electrons. The van der Waals surface area contributed by atoms with Crippen molar-refractivity contribution in [2.45, 2.75) is 25.7 Å². The molecule has 0 N–H and O–H groups in total. The summed E-state index contributed by atoms with van der Waals surface area (Å²) in [7, 11) is 0. The van der Waals surface area contributed by atoms with E-state index in [9.17, 15) is 0 Å². The first kappa shape index (κ1) is 10.8. The van der Waals surface area contributed by atoms with Crippen molar-refractivity contribution >= 4 is 0 Å². The molecular weight excluding hydrogens is 168 g/mol. The van der Waals surface area contributed by atoms with Crippen molar-refractivity contribution in [3.8, 4) is 0 Å². The zero-order valence-corrected chi connectivity index (χ0v) is 8.60. The first-order chi connectivity index (χ1) is 7.00. The van der Waals surface area contributed by atoms with E-state index in [0.29, 0.717) is 0 Å². The molecule has 0 fully saturated rings. The van der Waals surface area contributed by atoms with E-state index >= 15 is 0 Å². The molecule has 1 aliphatic carbocycles. The van der Waals surface area contributed by atoms with Crippen LogP contribution in [0.15, 0.2) is 60.8 Å². The van der Waals surface area contributed by atoms with Crippen molar-refractivity contribution in [2.75, 3.05) is 0 Å². The summed E-state index contributed by atoms with van der Waals surface area (Å²) in [5.41, 5.74) is 0. The molecule has 0 heterocycles. The Kier molecular flexibility index (Phi) is 6.39. The van der Waals surface area contributed by atoms with Crippen LogP contribution < -0.4 is 0 Å². The van der Waals surface area contributed by atoms with Crippen LogP contribution in [0.1, 0.15) is 25.7 Å². The molecule has 0 aromatic carbocycles. The van der Waals surface area contributed by atoms with Crippen molar-refractivity contribution in [3.05, 3.63) is 60.8 Å². The van der Waals surface area contributed by atoms with E-state index < -0.39 is 0 Å². The van der Waals surface area contributed by atoms with Gasteiger partial charge in [0.1, 0.15) is 0 Å². The fourth-order valence-electron chi connectivity index (χ4n) is 1.21. The largest absolute Gasteiger partial charge is 0.0879 e. The van der Waals surface area contributed by atoms with Gasteiger partial charge in [0.15, 0.2) is 0 Å². The first-order valence-electron chi connectivity index (χ1n) is 5.28. The van der Waals surface area contributed by atoms with Gasteiger partial charge in [-0.3, -0.25) is 0 Å². The van der Waals surface area contributed by atoms with Gasteiger partial charge in [-0.25, -0.2) is 0 Å². The van der Waals surface area contributed by atoms with Gasteiger partial charge in [-0.15, -0.1) is 0 Å². The van der Waals surface area contributed by atoms with Gasteiger partial charge in [0.25, 0.3) is 0 Å². The lowest BCUT2D eigenvalue weighted by Gasteiger charge is -1.87. The Morgan fingerprint density at radius 3 is 1.64 bits per heavy atom. The highest BCUT2D eigenvalue weighted by atomic mass is 13.8. The van der Waals surface area contributed by atoms with Crippen molar-refractivity contribution in [1.82, 2.24) is 0 Å². The lowest BCUT2D eigenvalue weighted by atomic mass is 10.2. The minimum atomic E-state index is 1.02. The third-order valence-corrected chi connectivity index (χ3v) is 1.98. The third-order valence-electron chi connectivity index (χ3n) is 1.98. The normalized spacial score (nSPS) is 27.4. The average Bonchev–Trinajstić information content (AvgIpc) is 2.22. The molecule has 0 aromatic rings. The highest BCUT2D eigenvalue weighted by Gasteiger charge is 1.76. The molecule has 0 spiro atoms. The quantitative estimate of drug-likeness (QED) is 0.494. The summed E-state index contributed by atoms with van der Waals surface area (Å²) >= 11 is 0. The summed E-state index contributed by atoms with van der Waals surface area (Å²) in [6.45, 7) is 0. The van der Waals surface area contributed by atoms with Gasteiger partial charge >= 0.3 is 0 Å². The van der Waals surface area contributed by atoms with Crippen molar-refractivity contribution in [1.29, 1.82) is 0 Å². The zero-order valence-electron chi connectivity index (χ0n) is 8.60. The van der Waals surface area contributed by atoms with Gasteiger partial charge in [-0.2, -0.15) is 0 Å². The molecule has 1 aliphatic rings. The summed E-state index contributed by atoms with van der Waals surface area (Å²) < 4.78 is 0. The summed E-state index contributed by atoms with van der Waals surface area (Å²) in [6.07, 6.45) is 26.0. The van der Waals surface area contributed by atoms with E-state index in [1.807, 2.05) is 0 Å². The Hall–Kier alpha value is -1.30. The molecule has 0 bridgehead atoms. The predicted molar refractivity (Wildman–Crippen MR) is 64.2 cm³/mol. The summed E-state index contributed by atoms with van der Waals surface area (Å²) in [4.78, 5) is 0. The van der Waals surface area contributed by atoms with Crippen molar-refractivity contribution < 1.29 is 0 Å². The van der Waals surface area contributed by atoms with Gasteiger partial charge in [0.2, 0.25) is 0 Å². The second-order valence-corrected chi connectivity index (χ2v) is 3.23. The molecule has 0 amide bonds. The molecule has 0 unspecified atom stereocenters. The van der Waals surface area contributed by atoms with Crippen LogP contribution in [0.4, 0.5) is 0 Å². The predicted octanol–water partition coefficient (Wildman–Crippen LogP) is 4.34. The Balaban J connectivity index is 2.45. The van der Waals surface area contributed by atoms with Gasteiger partial charge in [-0.1, -0.05) is 60.8 Å². The monoisotopic (exact) mass is 186 g/mol. The van der Waals surface area contributed by atoms with E-state index in [-0.39, 0.29) is 0 Å². The van der Waals surface area contributed by atoms with E-state index in [1.165, 1.54) is 0 Å². The smallest absolute Gasteiger partial charge is 0.0163 e. The minimum absolute atomic E-state index is 1.02. The molecule has 0 nitrogen and oxygen atoms in total. The Morgan fingerprint density at radius 2 is 0.929 bits per heavy atom. The molecule has 1 rings (SSSR count). The highest BCUT2D eigenvalue weighted by molar-refractivity contribution is 5.10. The van der Waals surface area contributed by atoms with Gasteiger partial charge in [-0.05, 0) is 25.7 Å². The van der Waals surface area contributed by atoms with Crippen LogP contribution in [-0.2, 0) is 0 Å². The summed E-state index contributed by atoms with van der Waals surface area (Å²) in [5, 5.41) is 0. The topological polar surface area (TPSA) is 0 Å². The van der Waals surface area contributed by atoms with E-state index in [0.717, 1.165) is 25.7 Å². The van der Waals surface area contributed by atoms with Crippen LogP contribution in [0.25, 0.3) is 0 Å². The van der Waals surface area contributed by atoms with E-state index in [1.54, 1.807) is 0 Å². The highest BCUT2D eigenvalue weighted by Crippen LogP contribution is 1.97. The second kappa shape index (κ2) is 8.31. The minimum Gasteiger partial charge on any atom is -0.0879 e. The molecule has 0 atom stereocenters. The van der Waals surface area contributed by atoms with Crippen LogP contribution in [0, 0.1) is 0 Å². The Bertz CT molecular complexity index is 262. The Morgan fingerprint density at radius 1 is 0.429 bits per heavy atom. The lowest BCUT2D eigenvalue weighted by Crippen LogP contribution is -1.66. The fourth-order valence-corrected chi connectivity index (χ4v) is 1.21. The van der Waals surface area contributed by atoms with Gasteiger partial charge < -0.3 is 0 Å². The lowest BCUT2D eigenvalue weighted by molar-refractivity contribution is 1.04. The molecule has 0 heteroatoms. The van der Waals surface area contributed by atoms with Crippen LogP contribution in [0.2, 0.25) is 0 Å². The molecule has 0 saturated carbocycles. The summed E-state index contributed by atoms with van der Waals surface area (Å²) in [5.74, 6) is 0. The molecule has 0 aromatic heterocycles. The summed E-state index contributed by atoms with van der Waals surface area (Å²) in [6, 6.07) is 0. The maximum Gasteiger partial charge on any atom is -0.0163 e. The maximum absolute atomic E-state index is 2.24. The van der Waals surface area contributed by atoms with Gasteiger partial charge in [0, 0.05) is 0 Å². The first-order valence-corrected chi connectivity index (χ1v) is 5.28. The molecule has 0 aliphatic heterocycles. The molecule has 0 saturated heterocycles. The fraction of sp³-hybridized carbons (Fsp3) is 0.286. The number of allylic oxidation sites excluding steroid dienone is 10. The number of hydrogen-bond acceptors (Lipinski definition) is 0.